The summed E-state index contributed by atoms with van der Waals surface area (Å²) in [4.78, 5) is 0. The first-order valence-electron chi connectivity index (χ1n) is 6.42. The van der Waals surface area contributed by atoms with Crippen molar-refractivity contribution in [1.29, 1.82) is 0 Å². The van der Waals surface area contributed by atoms with Gasteiger partial charge in [0.05, 0.1) is 5.30 Å². The van der Waals surface area contributed by atoms with Gasteiger partial charge < -0.3 is 4.52 Å². The molecule has 0 aliphatic rings. The third-order valence-corrected chi connectivity index (χ3v) is 4.88. The predicted molar refractivity (Wildman–Crippen MR) is 87.3 cm³/mol. The second-order valence-corrected chi connectivity index (χ2v) is 6.42. The summed E-state index contributed by atoms with van der Waals surface area (Å²) < 4.78 is 23.5. The van der Waals surface area contributed by atoms with E-state index in [1.165, 1.54) is 7.11 Å². The fourth-order valence-electron chi connectivity index (χ4n) is 1.81. The lowest BCUT2D eigenvalue weighted by Crippen LogP contribution is -2.08. The second kappa shape index (κ2) is 6.57. The SMILES string of the molecule is C=Cc1ccc(P(=O)(OC)OC(=C)c2ccccc2)cc1. The third-order valence-electron chi connectivity index (χ3n) is 3.01. The van der Waals surface area contributed by atoms with Gasteiger partial charge in [0.1, 0.15) is 5.76 Å². The van der Waals surface area contributed by atoms with Crippen molar-refractivity contribution in [2.75, 3.05) is 7.11 Å². The summed E-state index contributed by atoms with van der Waals surface area (Å²) in [6, 6.07) is 16.3. The second-order valence-electron chi connectivity index (χ2n) is 4.36. The maximum absolute atomic E-state index is 12.8. The molecule has 0 amide bonds. The molecule has 21 heavy (non-hydrogen) atoms. The molecule has 0 fully saturated rings. The quantitative estimate of drug-likeness (QED) is 0.583. The molecule has 0 bridgehead atoms. The Hall–Kier alpha value is -2.09. The molecule has 0 saturated heterocycles. The van der Waals surface area contributed by atoms with Gasteiger partial charge in [-0.1, -0.05) is 61.7 Å². The number of hydrogen-bond donors (Lipinski definition) is 0. The Morgan fingerprint density at radius 1 is 1.10 bits per heavy atom. The van der Waals surface area contributed by atoms with Crippen molar-refractivity contribution in [2.24, 2.45) is 0 Å². The highest BCUT2D eigenvalue weighted by Gasteiger charge is 2.28. The van der Waals surface area contributed by atoms with Gasteiger partial charge in [0, 0.05) is 12.7 Å². The van der Waals surface area contributed by atoms with Crippen LogP contribution in [0.1, 0.15) is 11.1 Å². The smallest absolute Gasteiger partial charge is 0.410 e. The Kier molecular flexibility index (Phi) is 4.79. The van der Waals surface area contributed by atoms with Gasteiger partial charge in [0.15, 0.2) is 0 Å². The fraction of sp³-hybridized carbons (Fsp3) is 0.0588. The van der Waals surface area contributed by atoms with E-state index in [1.54, 1.807) is 18.2 Å². The predicted octanol–water partition coefficient (Wildman–Crippen LogP) is 4.48. The molecule has 0 N–H and O–H groups in total. The Balaban J connectivity index is 2.26. The Morgan fingerprint density at radius 2 is 1.71 bits per heavy atom. The van der Waals surface area contributed by atoms with E-state index in [1.807, 2.05) is 42.5 Å². The molecule has 1 unspecified atom stereocenters. The summed E-state index contributed by atoms with van der Waals surface area (Å²) in [5, 5.41) is 0.479. The van der Waals surface area contributed by atoms with Crippen molar-refractivity contribution in [1.82, 2.24) is 0 Å². The molecular formula is C17H17O3P. The molecule has 2 aromatic rings. The summed E-state index contributed by atoms with van der Waals surface area (Å²) in [5.74, 6) is 0.314. The minimum atomic E-state index is -3.44. The van der Waals surface area contributed by atoms with Gasteiger partial charge in [-0.25, -0.2) is 4.57 Å². The monoisotopic (exact) mass is 300 g/mol. The maximum atomic E-state index is 12.8. The van der Waals surface area contributed by atoms with Crippen molar-refractivity contribution in [3.8, 4) is 0 Å². The van der Waals surface area contributed by atoms with Crippen molar-refractivity contribution in [3.05, 3.63) is 78.9 Å². The normalized spacial score (nSPS) is 13.2. The van der Waals surface area contributed by atoms with Crippen molar-refractivity contribution in [3.63, 3.8) is 0 Å². The summed E-state index contributed by atoms with van der Waals surface area (Å²) in [7, 11) is -2.08. The van der Waals surface area contributed by atoms with Crippen LogP contribution in [0.2, 0.25) is 0 Å². The molecule has 0 saturated carbocycles. The van der Waals surface area contributed by atoms with Gasteiger partial charge in [-0.2, -0.15) is 0 Å². The van der Waals surface area contributed by atoms with Crippen LogP contribution in [0.15, 0.2) is 67.8 Å². The average Bonchev–Trinajstić information content (AvgIpc) is 2.55. The van der Waals surface area contributed by atoms with E-state index in [0.717, 1.165) is 11.1 Å². The summed E-state index contributed by atoms with van der Waals surface area (Å²) in [6.07, 6.45) is 1.71. The summed E-state index contributed by atoms with van der Waals surface area (Å²) >= 11 is 0. The highest BCUT2D eigenvalue weighted by molar-refractivity contribution is 7.62. The molecule has 4 heteroatoms. The van der Waals surface area contributed by atoms with Gasteiger partial charge >= 0.3 is 7.60 Å². The molecule has 108 valence electrons. The molecule has 0 heterocycles. The minimum Gasteiger partial charge on any atom is -0.421 e. The molecule has 0 radical (unpaired) electrons. The zero-order valence-electron chi connectivity index (χ0n) is 11.9. The van der Waals surface area contributed by atoms with Crippen LogP contribution in [0.4, 0.5) is 0 Å². The highest BCUT2D eigenvalue weighted by atomic mass is 31.2. The molecule has 2 aromatic carbocycles. The van der Waals surface area contributed by atoms with Crippen LogP contribution in [-0.4, -0.2) is 7.11 Å². The van der Waals surface area contributed by atoms with Gasteiger partial charge in [-0.05, 0) is 17.7 Å². The van der Waals surface area contributed by atoms with Crippen molar-refractivity contribution < 1.29 is 13.6 Å². The van der Waals surface area contributed by atoms with Crippen LogP contribution in [0.5, 0.6) is 0 Å². The van der Waals surface area contributed by atoms with Crippen LogP contribution in [-0.2, 0) is 13.6 Å². The Bertz CT molecular complexity index is 675. The first kappa shape index (κ1) is 15.3. The van der Waals surface area contributed by atoms with E-state index < -0.39 is 7.60 Å². The van der Waals surface area contributed by atoms with E-state index in [-0.39, 0.29) is 0 Å². The van der Waals surface area contributed by atoms with E-state index in [4.69, 9.17) is 9.05 Å². The lowest BCUT2D eigenvalue weighted by atomic mass is 10.2. The molecule has 0 aliphatic heterocycles. The minimum absolute atomic E-state index is 0.314. The maximum Gasteiger partial charge on any atom is 0.410 e. The van der Waals surface area contributed by atoms with E-state index in [0.29, 0.717) is 11.1 Å². The molecule has 2 rings (SSSR count). The van der Waals surface area contributed by atoms with Crippen molar-refractivity contribution >= 4 is 24.7 Å². The molecular weight excluding hydrogens is 283 g/mol. The molecule has 0 spiro atoms. The van der Waals surface area contributed by atoms with Crippen LogP contribution in [0.3, 0.4) is 0 Å². The summed E-state index contributed by atoms with van der Waals surface area (Å²) in [6.45, 7) is 7.51. The van der Waals surface area contributed by atoms with E-state index in [9.17, 15) is 4.57 Å². The number of benzene rings is 2. The number of hydrogen-bond acceptors (Lipinski definition) is 3. The first-order valence-corrected chi connectivity index (χ1v) is 7.96. The van der Waals surface area contributed by atoms with Gasteiger partial charge in [0.2, 0.25) is 0 Å². The third kappa shape index (κ3) is 3.52. The van der Waals surface area contributed by atoms with E-state index >= 15 is 0 Å². The zero-order valence-corrected chi connectivity index (χ0v) is 12.8. The molecule has 1 atom stereocenters. The first-order chi connectivity index (χ1) is 10.1. The summed E-state index contributed by atoms with van der Waals surface area (Å²) in [5.41, 5.74) is 1.70. The zero-order chi connectivity index (χ0) is 15.3. The van der Waals surface area contributed by atoms with Gasteiger partial charge in [0.25, 0.3) is 0 Å². The van der Waals surface area contributed by atoms with Crippen LogP contribution in [0, 0.1) is 0 Å². The van der Waals surface area contributed by atoms with Crippen LogP contribution >= 0.6 is 7.60 Å². The number of rotatable bonds is 6. The molecule has 0 aromatic heterocycles. The molecule has 3 nitrogen and oxygen atoms in total. The van der Waals surface area contributed by atoms with E-state index in [2.05, 4.69) is 13.2 Å². The Morgan fingerprint density at radius 3 is 2.24 bits per heavy atom. The van der Waals surface area contributed by atoms with Gasteiger partial charge in [-0.15, -0.1) is 0 Å². The lowest BCUT2D eigenvalue weighted by molar-refractivity contribution is 0.321. The highest BCUT2D eigenvalue weighted by Crippen LogP contribution is 2.49. The standard InChI is InChI=1S/C17H17O3P/c1-4-15-10-12-17(13-11-15)21(18,19-3)20-14(2)16-8-6-5-7-9-16/h4-13H,1-2H2,3H3. The largest absolute Gasteiger partial charge is 0.421 e. The molecule has 0 aliphatic carbocycles. The van der Waals surface area contributed by atoms with Crippen LogP contribution in [0.25, 0.3) is 11.8 Å². The van der Waals surface area contributed by atoms with Crippen LogP contribution < -0.4 is 5.30 Å². The average molecular weight is 300 g/mol. The van der Waals surface area contributed by atoms with Crippen molar-refractivity contribution in [2.45, 2.75) is 0 Å². The topological polar surface area (TPSA) is 35.5 Å². The Labute approximate surface area is 125 Å². The lowest BCUT2D eigenvalue weighted by Gasteiger charge is -2.19. The fourth-order valence-corrected chi connectivity index (χ4v) is 3.11. The van der Waals surface area contributed by atoms with Gasteiger partial charge in [-0.3, -0.25) is 4.52 Å².